The summed E-state index contributed by atoms with van der Waals surface area (Å²) in [7, 11) is -4.41. The second-order valence-electron chi connectivity index (χ2n) is 4.43. The molecule has 0 aliphatic heterocycles. The summed E-state index contributed by atoms with van der Waals surface area (Å²) in [5, 5.41) is 0. The van der Waals surface area contributed by atoms with Gasteiger partial charge in [0.15, 0.2) is 0 Å². The lowest BCUT2D eigenvalue weighted by Crippen LogP contribution is -1.91. The fourth-order valence-corrected chi connectivity index (χ4v) is 1.91. The van der Waals surface area contributed by atoms with Gasteiger partial charge in [-0.25, -0.2) is 4.57 Å². The maximum Gasteiger partial charge on any atom is 0.524 e. The molecule has 0 bridgehead atoms. The van der Waals surface area contributed by atoms with E-state index >= 15 is 0 Å². The highest BCUT2D eigenvalue weighted by Crippen LogP contribution is 2.38. The lowest BCUT2D eigenvalue weighted by molar-refractivity contribution is 0.282. The number of phosphoric acid groups is 1. The van der Waals surface area contributed by atoms with Gasteiger partial charge in [-0.2, -0.15) is 0 Å². The molecule has 0 atom stereocenters. The van der Waals surface area contributed by atoms with Crippen LogP contribution in [0.15, 0.2) is 48.5 Å². The number of rotatable bonds is 2. The number of hydrogen-bond donors (Lipinski definition) is 2. The fourth-order valence-electron chi connectivity index (χ4n) is 1.45. The van der Waals surface area contributed by atoms with E-state index in [0.717, 1.165) is 0 Å². The Kier molecular flexibility index (Phi) is 5.96. The van der Waals surface area contributed by atoms with Gasteiger partial charge in [0.25, 0.3) is 0 Å². The van der Waals surface area contributed by atoms with Crippen molar-refractivity contribution >= 4 is 7.82 Å². The Morgan fingerprint density at radius 2 is 1.20 bits per heavy atom. The molecule has 0 amide bonds. The monoisotopic (exact) mass is 294 g/mol. The molecule has 0 unspecified atom stereocenters. The van der Waals surface area contributed by atoms with Crippen molar-refractivity contribution in [3.05, 3.63) is 65.2 Å². The van der Waals surface area contributed by atoms with Gasteiger partial charge >= 0.3 is 7.82 Å². The Morgan fingerprint density at radius 3 is 1.55 bits per heavy atom. The van der Waals surface area contributed by atoms with Crippen LogP contribution in [0.1, 0.15) is 16.7 Å². The number of phosphoric ester groups is 1. The van der Waals surface area contributed by atoms with E-state index in [1.165, 1.54) is 17.2 Å². The van der Waals surface area contributed by atoms with Crippen LogP contribution < -0.4 is 4.52 Å². The minimum absolute atomic E-state index is 0.214. The van der Waals surface area contributed by atoms with Crippen molar-refractivity contribution < 1.29 is 18.9 Å². The average molecular weight is 294 g/mol. The van der Waals surface area contributed by atoms with Crippen LogP contribution in [0.4, 0.5) is 0 Å². The number of aryl methyl sites for hydroxylation is 3. The van der Waals surface area contributed by atoms with Gasteiger partial charge in [0, 0.05) is 0 Å². The second-order valence-corrected chi connectivity index (χ2v) is 5.60. The van der Waals surface area contributed by atoms with Crippen molar-refractivity contribution in [1.82, 2.24) is 0 Å². The lowest BCUT2D eigenvalue weighted by Gasteiger charge is -2.08. The molecule has 4 nitrogen and oxygen atoms in total. The molecule has 0 spiro atoms. The molecule has 20 heavy (non-hydrogen) atoms. The van der Waals surface area contributed by atoms with E-state index in [9.17, 15) is 4.57 Å². The zero-order valence-corrected chi connectivity index (χ0v) is 12.7. The number of para-hydroxylation sites is 1. The van der Waals surface area contributed by atoms with Crippen LogP contribution in [0.25, 0.3) is 0 Å². The molecule has 0 radical (unpaired) electrons. The first-order chi connectivity index (χ1) is 9.29. The standard InChI is InChI=1S/C8H10.C7H9O4P/c1-7-5-3-4-6-8(7)2;1-6-4-2-3-5-7(6)11-12(8,9)10/h3-6H,1-2H3;2-5H,1H3,(H2,8,9,10). The van der Waals surface area contributed by atoms with Crippen molar-refractivity contribution in [2.45, 2.75) is 20.8 Å². The normalized spacial score (nSPS) is 10.4. The smallest absolute Gasteiger partial charge is 0.404 e. The largest absolute Gasteiger partial charge is 0.524 e. The maximum atomic E-state index is 10.4. The molecule has 0 saturated heterocycles. The highest BCUT2D eigenvalue weighted by Gasteiger charge is 2.16. The van der Waals surface area contributed by atoms with Crippen LogP contribution in [0.5, 0.6) is 5.75 Å². The Morgan fingerprint density at radius 1 is 0.800 bits per heavy atom. The summed E-state index contributed by atoms with van der Waals surface area (Å²) < 4.78 is 14.8. The van der Waals surface area contributed by atoms with Crippen molar-refractivity contribution in [2.24, 2.45) is 0 Å². The van der Waals surface area contributed by atoms with E-state index in [0.29, 0.717) is 5.56 Å². The van der Waals surface area contributed by atoms with Crippen molar-refractivity contribution in [2.75, 3.05) is 0 Å². The minimum Gasteiger partial charge on any atom is -0.404 e. The van der Waals surface area contributed by atoms with E-state index in [4.69, 9.17) is 9.79 Å². The van der Waals surface area contributed by atoms with Crippen molar-refractivity contribution in [3.8, 4) is 5.75 Å². The molecule has 0 aromatic heterocycles. The van der Waals surface area contributed by atoms with E-state index in [1.807, 2.05) is 0 Å². The van der Waals surface area contributed by atoms with Gasteiger partial charge in [0.2, 0.25) is 0 Å². The summed E-state index contributed by atoms with van der Waals surface area (Å²) in [6.45, 7) is 5.95. The van der Waals surface area contributed by atoms with Crippen LogP contribution in [0.3, 0.4) is 0 Å². The van der Waals surface area contributed by atoms with Crippen LogP contribution in [-0.2, 0) is 4.57 Å². The molecule has 5 heteroatoms. The molecule has 108 valence electrons. The average Bonchev–Trinajstić information content (AvgIpc) is 2.35. The molecular weight excluding hydrogens is 275 g/mol. The predicted octanol–water partition coefficient (Wildman–Crippen LogP) is 3.77. The highest BCUT2D eigenvalue weighted by molar-refractivity contribution is 7.46. The van der Waals surface area contributed by atoms with Gasteiger partial charge < -0.3 is 4.52 Å². The predicted molar refractivity (Wildman–Crippen MR) is 79.8 cm³/mol. The van der Waals surface area contributed by atoms with Crippen molar-refractivity contribution in [3.63, 3.8) is 0 Å². The lowest BCUT2D eigenvalue weighted by atomic mass is 10.1. The van der Waals surface area contributed by atoms with Crippen molar-refractivity contribution in [1.29, 1.82) is 0 Å². The third kappa shape index (κ3) is 6.02. The van der Waals surface area contributed by atoms with Crippen LogP contribution in [0.2, 0.25) is 0 Å². The van der Waals surface area contributed by atoms with E-state index < -0.39 is 7.82 Å². The fraction of sp³-hybridized carbons (Fsp3) is 0.200. The van der Waals surface area contributed by atoms with Gasteiger partial charge in [0.1, 0.15) is 5.75 Å². The van der Waals surface area contributed by atoms with Crippen LogP contribution in [-0.4, -0.2) is 9.79 Å². The molecule has 2 N–H and O–H groups in total. The number of benzene rings is 2. The minimum atomic E-state index is -4.41. The Balaban J connectivity index is 0.000000217. The second kappa shape index (κ2) is 7.25. The SMILES string of the molecule is Cc1ccccc1C.Cc1ccccc1OP(=O)(O)O. The molecule has 0 aliphatic rings. The summed E-state index contributed by atoms with van der Waals surface area (Å²) in [6.07, 6.45) is 0. The van der Waals surface area contributed by atoms with E-state index in [2.05, 4.69) is 42.6 Å². The first kappa shape index (κ1) is 16.4. The van der Waals surface area contributed by atoms with Gasteiger partial charge in [-0.15, -0.1) is 0 Å². The van der Waals surface area contributed by atoms with Gasteiger partial charge in [-0.3, -0.25) is 9.79 Å². The molecule has 2 aromatic rings. The van der Waals surface area contributed by atoms with Gasteiger partial charge in [-0.05, 0) is 43.5 Å². The summed E-state index contributed by atoms with van der Waals surface area (Å²) in [6, 6.07) is 15.0. The Labute approximate surface area is 119 Å². The molecule has 0 heterocycles. The Hall–Kier alpha value is -1.61. The Bertz CT molecular complexity index is 583. The molecule has 0 saturated carbocycles. The zero-order valence-electron chi connectivity index (χ0n) is 11.8. The third-order valence-electron chi connectivity index (χ3n) is 2.74. The van der Waals surface area contributed by atoms with E-state index in [1.54, 1.807) is 25.1 Å². The molecule has 0 fully saturated rings. The van der Waals surface area contributed by atoms with E-state index in [-0.39, 0.29) is 5.75 Å². The maximum absolute atomic E-state index is 10.4. The summed E-state index contributed by atoms with van der Waals surface area (Å²) in [4.78, 5) is 17.0. The summed E-state index contributed by atoms with van der Waals surface area (Å²) in [5.41, 5.74) is 3.43. The molecule has 2 rings (SSSR count). The van der Waals surface area contributed by atoms with Gasteiger partial charge in [-0.1, -0.05) is 42.5 Å². The third-order valence-corrected chi connectivity index (χ3v) is 3.17. The quantitative estimate of drug-likeness (QED) is 0.827. The first-order valence-corrected chi connectivity index (χ1v) is 7.65. The molecular formula is C15H19O4P. The van der Waals surface area contributed by atoms with Gasteiger partial charge in [0.05, 0.1) is 0 Å². The molecule has 2 aromatic carbocycles. The summed E-state index contributed by atoms with van der Waals surface area (Å²) >= 11 is 0. The first-order valence-electron chi connectivity index (χ1n) is 6.12. The topological polar surface area (TPSA) is 66.8 Å². The summed E-state index contributed by atoms with van der Waals surface area (Å²) in [5.74, 6) is 0.214. The highest BCUT2D eigenvalue weighted by atomic mass is 31.2. The van der Waals surface area contributed by atoms with Crippen LogP contribution in [0, 0.1) is 20.8 Å². The zero-order chi connectivity index (χ0) is 15.2. The number of hydrogen-bond acceptors (Lipinski definition) is 2. The molecule has 0 aliphatic carbocycles. The van der Waals surface area contributed by atoms with Crippen LogP contribution >= 0.6 is 7.82 Å².